The Morgan fingerprint density at radius 3 is 2.91 bits per heavy atom. The number of carbonyl (C=O) groups excluding carboxylic acids is 1. The molecule has 0 radical (unpaired) electrons. The van der Waals surface area contributed by atoms with E-state index in [-0.39, 0.29) is 17.2 Å². The van der Waals surface area contributed by atoms with Crippen LogP contribution in [0.15, 0.2) is 16.0 Å². The van der Waals surface area contributed by atoms with Crippen LogP contribution in [-0.2, 0) is 11.8 Å². The standard InChI is InChI=1S/C16H22N4O2S/c1-10-8-12-14(17-10)15(22)20(2)16(19-12)23-9-13(21)18-11-6-4-3-5-7-11/h8,11,17H,3-7,9H2,1-2H3,(H,18,21). The molecule has 0 bridgehead atoms. The van der Waals surface area contributed by atoms with Crippen LogP contribution in [-0.4, -0.2) is 32.2 Å². The van der Waals surface area contributed by atoms with Gasteiger partial charge < -0.3 is 10.3 Å². The molecule has 1 aliphatic carbocycles. The number of hydrogen-bond donors (Lipinski definition) is 2. The Kier molecular flexibility index (Phi) is 4.75. The van der Waals surface area contributed by atoms with Crippen molar-refractivity contribution < 1.29 is 4.79 Å². The lowest BCUT2D eigenvalue weighted by molar-refractivity contribution is -0.119. The second-order valence-corrected chi connectivity index (χ2v) is 7.10. The van der Waals surface area contributed by atoms with E-state index in [2.05, 4.69) is 15.3 Å². The molecule has 0 aromatic carbocycles. The average Bonchev–Trinajstić information content (AvgIpc) is 2.91. The molecule has 23 heavy (non-hydrogen) atoms. The molecule has 0 atom stereocenters. The number of rotatable bonds is 4. The van der Waals surface area contributed by atoms with Gasteiger partial charge in [-0.05, 0) is 25.8 Å². The summed E-state index contributed by atoms with van der Waals surface area (Å²) in [6.45, 7) is 1.89. The fraction of sp³-hybridized carbons (Fsp3) is 0.562. The summed E-state index contributed by atoms with van der Waals surface area (Å²) in [6.07, 6.45) is 5.79. The molecule has 2 aromatic rings. The first-order valence-corrected chi connectivity index (χ1v) is 9.01. The summed E-state index contributed by atoms with van der Waals surface area (Å²) in [6, 6.07) is 2.16. The molecule has 0 unspecified atom stereocenters. The van der Waals surface area contributed by atoms with E-state index in [0.717, 1.165) is 18.5 Å². The molecule has 7 heteroatoms. The van der Waals surface area contributed by atoms with Crippen LogP contribution < -0.4 is 10.9 Å². The molecule has 6 nitrogen and oxygen atoms in total. The summed E-state index contributed by atoms with van der Waals surface area (Å²) < 4.78 is 1.50. The first-order valence-electron chi connectivity index (χ1n) is 8.03. The minimum Gasteiger partial charge on any atom is -0.353 e. The molecule has 1 saturated carbocycles. The normalized spacial score (nSPS) is 15.9. The predicted octanol–water partition coefficient (Wildman–Crippen LogP) is 2.11. The van der Waals surface area contributed by atoms with Gasteiger partial charge in [-0.3, -0.25) is 14.2 Å². The van der Waals surface area contributed by atoms with E-state index in [1.807, 2.05) is 13.0 Å². The Hall–Kier alpha value is -1.76. The molecular formula is C16H22N4O2S. The van der Waals surface area contributed by atoms with Gasteiger partial charge in [-0.1, -0.05) is 31.0 Å². The highest BCUT2D eigenvalue weighted by molar-refractivity contribution is 7.99. The van der Waals surface area contributed by atoms with Gasteiger partial charge in [0, 0.05) is 18.8 Å². The zero-order chi connectivity index (χ0) is 16.4. The summed E-state index contributed by atoms with van der Waals surface area (Å²) in [7, 11) is 1.69. The molecule has 3 rings (SSSR count). The number of aromatic nitrogens is 3. The minimum absolute atomic E-state index is 0.0153. The summed E-state index contributed by atoms with van der Waals surface area (Å²) >= 11 is 1.31. The fourth-order valence-electron chi connectivity index (χ4n) is 3.03. The topological polar surface area (TPSA) is 79.8 Å². The molecule has 124 valence electrons. The lowest BCUT2D eigenvalue weighted by atomic mass is 9.95. The Morgan fingerprint density at radius 1 is 1.43 bits per heavy atom. The molecule has 2 heterocycles. The molecule has 2 aromatic heterocycles. The number of H-pyrrole nitrogens is 1. The zero-order valence-electron chi connectivity index (χ0n) is 13.5. The molecule has 1 amide bonds. The molecule has 0 saturated heterocycles. The number of aromatic amines is 1. The van der Waals surface area contributed by atoms with Gasteiger partial charge in [-0.15, -0.1) is 0 Å². The van der Waals surface area contributed by atoms with Crippen molar-refractivity contribution >= 4 is 28.7 Å². The third-order valence-electron chi connectivity index (χ3n) is 4.26. The molecule has 1 fully saturated rings. The van der Waals surface area contributed by atoms with Crippen LogP contribution in [0.2, 0.25) is 0 Å². The lowest BCUT2D eigenvalue weighted by Gasteiger charge is -2.22. The Bertz CT molecular complexity index is 774. The van der Waals surface area contributed by atoms with E-state index in [4.69, 9.17) is 0 Å². The number of nitrogens with zero attached hydrogens (tertiary/aromatic N) is 2. The van der Waals surface area contributed by atoms with Crippen LogP contribution >= 0.6 is 11.8 Å². The summed E-state index contributed by atoms with van der Waals surface area (Å²) in [5.41, 5.74) is 1.96. The maximum atomic E-state index is 12.3. The van der Waals surface area contributed by atoms with E-state index in [0.29, 0.717) is 22.2 Å². The van der Waals surface area contributed by atoms with Crippen molar-refractivity contribution in [1.82, 2.24) is 19.9 Å². The first-order chi connectivity index (χ1) is 11.0. The van der Waals surface area contributed by atoms with Crippen molar-refractivity contribution in [1.29, 1.82) is 0 Å². The van der Waals surface area contributed by atoms with Crippen LogP contribution in [0, 0.1) is 6.92 Å². The number of amides is 1. The number of fused-ring (bicyclic) bond motifs is 1. The Labute approximate surface area is 139 Å². The largest absolute Gasteiger partial charge is 0.353 e. The SMILES string of the molecule is Cc1cc2nc(SCC(=O)NC3CCCCC3)n(C)c(=O)c2[nH]1. The van der Waals surface area contributed by atoms with Crippen molar-refractivity contribution in [3.63, 3.8) is 0 Å². The molecule has 0 aliphatic heterocycles. The van der Waals surface area contributed by atoms with Crippen molar-refractivity contribution in [3.8, 4) is 0 Å². The second-order valence-electron chi connectivity index (χ2n) is 6.16. The smallest absolute Gasteiger partial charge is 0.278 e. The molecular weight excluding hydrogens is 312 g/mol. The van der Waals surface area contributed by atoms with Crippen LogP contribution in [0.3, 0.4) is 0 Å². The second kappa shape index (κ2) is 6.78. The average molecular weight is 334 g/mol. The summed E-state index contributed by atoms with van der Waals surface area (Å²) in [5.74, 6) is 0.299. The van der Waals surface area contributed by atoms with E-state index < -0.39 is 0 Å². The number of hydrogen-bond acceptors (Lipinski definition) is 4. The minimum atomic E-state index is -0.113. The van der Waals surface area contributed by atoms with E-state index in [9.17, 15) is 9.59 Å². The van der Waals surface area contributed by atoms with E-state index >= 15 is 0 Å². The Balaban J connectivity index is 1.67. The summed E-state index contributed by atoms with van der Waals surface area (Å²) in [5, 5.41) is 3.65. The number of aryl methyl sites for hydroxylation is 1. The number of nitrogens with one attached hydrogen (secondary N) is 2. The molecule has 2 N–H and O–H groups in total. The first kappa shape index (κ1) is 16.1. The maximum Gasteiger partial charge on any atom is 0.278 e. The Morgan fingerprint density at radius 2 is 2.17 bits per heavy atom. The quantitative estimate of drug-likeness (QED) is 0.663. The number of carbonyl (C=O) groups is 1. The van der Waals surface area contributed by atoms with Gasteiger partial charge in [-0.25, -0.2) is 4.98 Å². The monoisotopic (exact) mass is 334 g/mol. The maximum absolute atomic E-state index is 12.3. The third kappa shape index (κ3) is 3.60. The highest BCUT2D eigenvalue weighted by Crippen LogP contribution is 2.19. The predicted molar refractivity (Wildman–Crippen MR) is 91.8 cm³/mol. The van der Waals surface area contributed by atoms with Crippen LogP contribution in [0.25, 0.3) is 11.0 Å². The zero-order valence-corrected chi connectivity index (χ0v) is 14.3. The van der Waals surface area contributed by atoms with Crippen LogP contribution in [0.5, 0.6) is 0 Å². The highest BCUT2D eigenvalue weighted by Gasteiger charge is 2.17. The lowest BCUT2D eigenvalue weighted by Crippen LogP contribution is -2.37. The van der Waals surface area contributed by atoms with Crippen molar-refractivity contribution in [3.05, 3.63) is 22.1 Å². The van der Waals surface area contributed by atoms with Gasteiger partial charge in [0.25, 0.3) is 5.56 Å². The highest BCUT2D eigenvalue weighted by atomic mass is 32.2. The van der Waals surface area contributed by atoms with E-state index in [1.54, 1.807) is 7.05 Å². The van der Waals surface area contributed by atoms with Gasteiger partial charge in [-0.2, -0.15) is 0 Å². The van der Waals surface area contributed by atoms with Gasteiger partial charge in [0.05, 0.1) is 11.3 Å². The van der Waals surface area contributed by atoms with E-state index in [1.165, 1.54) is 35.6 Å². The van der Waals surface area contributed by atoms with Gasteiger partial charge in [0.2, 0.25) is 5.91 Å². The van der Waals surface area contributed by atoms with Crippen LogP contribution in [0.1, 0.15) is 37.8 Å². The number of thioether (sulfide) groups is 1. The fourth-order valence-corrected chi connectivity index (χ4v) is 3.82. The van der Waals surface area contributed by atoms with Crippen molar-refractivity contribution in [2.24, 2.45) is 7.05 Å². The van der Waals surface area contributed by atoms with Crippen molar-refractivity contribution in [2.45, 2.75) is 50.2 Å². The third-order valence-corrected chi connectivity index (χ3v) is 5.29. The molecule has 1 aliphatic rings. The van der Waals surface area contributed by atoms with Gasteiger partial charge >= 0.3 is 0 Å². The van der Waals surface area contributed by atoms with Crippen LogP contribution in [0.4, 0.5) is 0 Å². The summed E-state index contributed by atoms with van der Waals surface area (Å²) in [4.78, 5) is 31.9. The van der Waals surface area contributed by atoms with Crippen molar-refractivity contribution in [2.75, 3.05) is 5.75 Å². The van der Waals surface area contributed by atoms with Gasteiger partial charge in [0.1, 0.15) is 5.52 Å². The van der Waals surface area contributed by atoms with Gasteiger partial charge in [0.15, 0.2) is 5.16 Å². The molecule has 0 spiro atoms.